The van der Waals surface area contributed by atoms with Crippen molar-refractivity contribution < 1.29 is 9.59 Å². The van der Waals surface area contributed by atoms with Gasteiger partial charge in [0.25, 0.3) is 5.56 Å². The molecule has 6 heteroatoms. The third-order valence-corrected chi connectivity index (χ3v) is 8.26. The summed E-state index contributed by atoms with van der Waals surface area (Å²) >= 11 is 1.59. The fraction of sp³-hybridized carbons (Fsp3) is 0.233. The summed E-state index contributed by atoms with van der Waals surface area (Å²) in [5.41, 5.74) is 3.91. The first-order valence-electron chi connectivity index (χ1n) is 12.3. The number of carbonyl (C=O) groups is 2. The summed E-state index contributed by atoms with van der Waals surface area (Å²) in [6, 6.07) is 24.7. The van der Waals surface area contributed by atoms with Gasteiger partial charge >= 0.3 is 0 Å². The molecule has 2 aliphatic rings. The number of rotatable bonds is 7. The van der Waals surface area contributed by atoms with Crippen LogP contribution < -0.4 is 10.9 Å². The molecule has 1 atom stereocenters. The average molecular weight is 495 g/mol. The summed E-state index contributed by atoms with van der Waals surface area (Å²) in [5.74, 6) is 0.506. The Hall–Kier alpha value is -3.64. The van der Waals surface area contributed by atoms with Gasteiger partial charge in [-0.2, -0.15) is 0 Å². The van der Waals surface area contributed by atoms with Gasteiger partial charge in [0.05, 0.1) is 11.6 Å². The molecule has 180 valence electrons. The zero-order valence-electron chi connectivity index (χ0n) is 19.8. The van der Waals surface area contributed by atoms with Crippen molar-refractivity contribution in [2.45, 2.75) is 36.2 Å². The molecule has 2 heterocycles. The number of Topliss-reactive ketones (excluding diaryl/α,β-unsaturated/α-hetero) is 1. The lowest BCUT2D eigenvalue weighted by Gasteiger charge is -2.18. The number of benzene rings is 3. The maximum Gasteiger partial charge on any atom is 0.252 e. The Morgan fingerprint density at radius 3 is 2.47 bits per heavy atom. The third kappa shape index (κ3) is 4.26. The Kier molecular flexibility index (Phi) is 5.97. The lowest BCUT2D eigenvalue weighted by molar-refractivity contribution is -0.123. The normalized spacial score (nSPS) is 16.6. The van der Waals surface area contributed by atoms with Gasteiger partial charge in [-0.1, -0.05) is 72.8 Å². The Bertz CT molecular complexity index is 1530. The minimum absolute atomic E-state index is 0.0806. The average Bonchev–Trinajstić information content (AvgIpc) is 3.64. The summed E-state index contributed by atoms with van der Waals surface area (Å²) < 4.78 is 1.66. The molecule has 1 aliphatic carbocycles. The van der Waals surface area contributed by atoms with E-state index in [2.05, 4.69) is 35.6 Å². The predicted molar refractivity (Wildman–Crippen MR) is 143 cm³/mol. The van der Waals surface area contributed by atoms with Crippen LogP contribution in [0.1, 0.15) is 51.8 Å². The van der Waals surface area contributed by atoms with Crippen LogP contribution in [0, 0.1) is 0 Å². The molecular weight excluding hydrogens is 468 g/mol. The number of carbonyl (C=O) groups excluding carboxylic acids is 2. The molecule has 36 heavy (non-hydrogen) atoms. The van der Waals surface area contributed by atoms with Crippen molar-refractivity contribution in [2.75, 3.05) is 12.3 Å². The minimum Gasteiger partial charge on any atom is -0.347 e. The van der Waals surface area contributed by atoms with Gasteiger partial charge in [0.1, 0.15) is 6.04 Å². The molecule has 0 radical (unpaired) electrons. The van der Waals surface area contributed by atoms with E-state index in [0.29, 0.717) is 23.7 Å². The van der Waals surface area contributed by atoms with Gasteiger partial charge in [-0.25, -0.2) is 0 Å². The summed E-state index contributed by atoms with van der Waals surface area (Å²) in [4.78, 5) is 38.9. The van der Waals surface area contributed by atoms with Crippen LogP contribution in [0.2, 0.25) is 0 Å². The second kappa shape index (κ2) is 9.43. The monoisotopic (exact) mass is 494 g/mol. The SMILES string of the molecule is O=C(CNC(=O)C1CSc2c(C3CC3)c(Cc3cccc4ccccc34)cc(=O)n21)c1ccccc1. The third-order valence-electron chi connectivity index (χ3n) is 7.09. The zero-order chi connectivity index (χ0) is 24.6. The number of ketones is 1. The summed E-state index contributed by atoms with van der Waals surface area (Å²) in [6.07, 6.45) is 2.91. The zero-order valence-corrected chi connectivity index (χ0v) is 20.6. The molecule has 0 spiro atoms. The molecule has 0 bridgehead atoms. The molecule has 0 saturated heterocycles. The Morgan fingerprint density at radius 2 is 1.67 bits per heavy atom. The number of hydrogen-bond donors (Lipinski definition) is 1. The van der Waals surface area contributed by atoms with E-state index in [9.17, 15) is 14.4 Å². The molecule has 1 aliphatic heterocycles. The van der Waals surface area contributed by atoms with Crippen LogP contribution in [0.4, 0.5) is 0 Å². The van der Waals surface area contributed by atoms with Gasteiger partial charge in [0.2, 0.25) is 5.91 Å². The van der Waals surface area contributed by atoms with E-state index in [1.807, 2.05) is 18.2 Å². The first kappa shape index (κ1) is 22.8. The number of hydrogen-bond acceptors (Lipinski definition) is 4. The number of amides is 1. The van der Waals surface area contributed by atoms with Gasteiger partial charge in [0, 0.05) is 17.4 Å². The Morgan fingerprint density at radius 1 is 0.917 bits per heavy atom. The van der Waals surface area contributed by atoms with Crippen molar-refractivity contribution in [1.82, 2.24) is 9.88 Å². The Balaban J connectivity index is 1.29. The highest BCUT2D eigenvalue weighted by atomic mass is 32.2. The van der Waals surface area contributed by atoms with Crippen LogP contribution in [0.5, 0.6) is 0 Å². The first-order chi connectivity index (χ1) is 17.6. The molecule has 4 aromatic rings. The van der Waals surface area contributed by atoms with E-state index in [4.69, 9.17) is 0 Å². The summed E-state index contributed by atoms with van der Waals surface area (Å²) in [6.45, 7) is -0.0806. The molecule has 1 unspecified atom stereocenters. The van der Waals surface area contributed by atoms with E-state index >= 15 is 0 Å². The van der Waals surface area contributed by atoms with Crippen molar-refractivity contribution in [3.05, 3.63) is 111 Å². The lowest BCUT2D eigenvalue weighted by Crippen LogP contribution is -2.39. The highest BCUT2D eigenvalue weighted by Crippen LogP contribution is 2.48. The molecule has 5 nitrogen and oxygen atoms in total. The van der Waals surface area contributed by atoms with Crippen LogP contribution in [-0.4, -0.2) is 28.6 Å². The van der Waals surface area contributed by atoms with Crippen LogP contribution in [0.3, 0.4) is 0 Å². The van der Waals surface area contributed by atoms with Crippen LogP contribution >= 0.6 is 11.8 Å². The summed E-state index contributed by atoms with van der Waals surface area (Å²) in [7, 11) is 0. The van der Waals surface area contributed by atoms with Crippen LogP contribution in [0.25, 0.3) is 10.8 Å². The van der Waals surface area contributed by atoms with Crippen molar-refractivity contribution in [2.24, 2.45) is 0 Å². The van der Waals surface area contributed by atoms with Gasteiger partial charge in [0.15, 0.2) is 5.78 Å². The summed E-state index contributed by atoms with van der Waals surface area (Å²) in [5, 5.41) is 6.09. The molecular formula is C30H26N2O3S. The van der Waals surface area contributed by atoms with Crippen LogP contribution in [-0.2, 0) is 11.2 Å². The first-order valence-corrected chi connectivity index (χ1v) is 13.3. The molecule has 6 rings (SSSR count). The second-order valence-electron chi connectivity index (χ2n) is 9.52. The van der Waals surface area contributed by atoms with E-state index in [-0.39, 0.29) is 23.8 Å². The smallest absolute Gasteiger partial charge is 0.252 e. The Labute approximate surface area is 213 Å². The van der Waals surface area contributed by atoms with Crippen molar-refractivity contribution in [3.63, 3.8) is 0 Å². The van der Waals surface area contributed by atoms with E-state index < -0.39 is 6.04 Å². The molecule has 1 N–H and O–H groups in total. The minimum atomic E-state index is -0.606. The van der Waals surface area contributed by atoms with E-state index in [0.717, 1.165) is 23.4 Å². The van der Waals surface area contributed by atoms with E-state index in [1.54, 1.807) is 46.7 Å². The predicted octanol–water partition coefficient (Wildman–Crippen LogP) is 5.12. The molecule has 1 aromatic heterocycles. The molecule has 1 saturated carbocycles. The van der Waals surface area contributed by atoms with Crippen molar-refractivity contribution in [3.8, 4) is 0 Å². The van der Waals surface area contributed by atoms with Gasteiger partial charge in [-0.3, -0.25) is 19.0 Å². The van der Waals surface area contributed by atoms with Crippen molar-refractivity contribution >= 4 is 34.2 Å². The van der Waals surface area contributed by atoms with Gasteiger partial charge in [-0.05, 0) is 52.6 Å². The number of thioether (sulfide) groups is 1. The lowest BCUT2D eigenvalue weighted by atomic mass is 9.95. The number of fused-ring (bicyclic) bond motifs is 2. The fourth-order valence-electron chi connectivity index (χ4n) is 5.15. The molecule has 3 aromatic carbocycles. The number of pyridine rings is 1. The number of nitrogens with one attached hydrogen (secondary N) is 1. The van der Waals surface area contributed by atoms with Crippen molar-refractivity contribution in [1.29, 1.82) is 0 Å². The fourth-order valence-corrected chi connectivity index (χ4v) is 6.58. The van der Waals surface area contributed by atoms with Gasteiger partial charge < -0.3 is 5.32 Å². The highest BCUT2D eigenvalue weighted by molar-refractivity contribution is 7.99. The number of nitrogens with zero attached hydrogens (tertiary/aromatic N) is 1. The largest absolute Gasteiger partial charge is 0.347 e. The quantitative estimate of drug-likeness (QED) is 0.362. The topological polar surface area (TPSA) is 68.2 Å². The van der Waals surface area contributed by atoms with Crippen LogP contribution in [0.15, 0.2) is 88.7 Å². The molecule has 1 amide bonds. The highest BCUT2D eigenvalue weighted by Gasteiger charge is 2.37. The standard InChI is InChI=1S/C30H26N2O3S/c33-26(20-8-2-1-3-9-20)17-31-29(35)25-18-36-30-28(21-13-14-21)23(16-27(34)32(25)30)15-22-11-6-10-19-7-4-5-12-24(19)22/h1-12,16,21,25H,13-15,17-18H2,(H,31,35). The van der Waals surface area contributed by atoms with Gasteiger partial charge in [-0.15, -0.1) is 11.8 Å². The number of aromatic nitrogens is 1. The maximum atomic E-state index is 13.4. The second-order valence-corrected chi connectivity index (χ2v) is 10.5. The van der Waals surface area contributed by atoms with E-state index in [1.165, 1.54) is 21.9 Å². The maximum absolute atomic E-state index is 13.4. The molecule has 1 fully saturated rings.